The number of carbonyl (C=O) groups is 3. The van der Waals surface area contributed by atoms with Gasteiger partial charge in [-0.25, -0.2) is 0 Å². The number of hydrogen-bond donors (Lipinski definition) is 2. The highest BCUT2D eigenvalue weighted by molar-refractivity contribution is 5.76. The summed E-state index contributed by atoms with van der Waals surface area (Å²) in [5.74, 6) is -2.10. The Labute approximate surface area is 161 Å². The smallest absolute Gasteiger partial charge is 0.326 e. The molecule has 0 radical (unpaired) electrons. The van der Waals surface area contributed by atoms with Crippen molar-refractivity contribution in [2.75, 3.05) is 0 Å². The van der Waals surface area contributed by atoms with Crippen LogP contribution in [0.1, 0.15) is 77.6 Å². The van der Waals surface area contributed by atoms with Crippen LogP contribution in [0, 0.1) is 17.8 Å². The lowest BCUT2D eigenvalue weighted by Gasteiger charge is -2.32. The van der Waals surface area contributed by atoms with Crippen molar-refractivity contribution in [1.29, 1.82) is 0 Å². The highest BCUT2D eigenvalue weighted by Crippen LogP contribution is 2.32. The number of ether oxygens (including phenoxy) is 2. The second-order valence-corrected chi connectivity index (χ2v) is 7.92. The number of hydrogen-bond acceptors (Lipinski definition) is 6. The zero-order valence-electron chi connectivity index (χ0n) is 16.2. The molecular weight excluding hydrogens is 350 g/mol. The van der Waals surface area contributed by atoms with Gasteiger partial charge in [0, 0.05) is 12.3 Å². The highest BCUT2D eigenvalue weighted by Gasteiger charge is 2.36. The molecule has 7 nitrogen and oxygen atoms in total. The minimum Gasteiger partial charge on any atom is -0.481 e. The first-order valence-corrected chi connectivity index (χ1v) is 10.3. The van der Waals surface area contributed by atoms with Crippen LogP contribution >= 0.6 is 0 Å². The molecule has 2 unspecified atom stereocenters. The van der Waals surface area contributed by atoms with Crippen LogP contribution < -0.4 is 5.73 Å². The van der Waals surface area contributed by atoms with E-state index in [9.17, 15) is 14.4 Å². The van der Waals surface area contributed by atoms with Crippen LogP contribution in [0.5, 0.6) is 0 Å². The Morgan fingerprint density at radius 3 is 2.15 bits per heavy atom. The van der Waals surface area contributed by atoms with Crippen LogP contribution in [-0.4, -0.2) is 35.3 Å². The second kappa shape index (κ2) is 10.6. The molecule has 0 aromatic carbocycles. The zero-order chi connectivity index (χ0) is 19.8. The van der Waals surface area contributed by atoms with E-state index in [4.69, 9.17) is 20.3 Å². The maximum Gasteiger partial charge on any atom is 0.326 e. The van der Waals surface area contributed by atoms with E-state index in [0.29, 0.717) is 38.5 Å². The molecule has 7 heteroatoms. The Balaban J connectivity index is 1.93. The highest BCUT2D eigenvalue weighted by atomic mass is 16.7. The number of rotatable bonds is 8. The molecule has 27 heavy (non-hydrogen) atoms. The summed E-state index contributed by atoms with van der Waals surface area (Å²) in [6.07, 6.45) is 7.31. The predicted octanol–water partition coefficient (Wildman–Crippen LogP) is 3.00. The van der Waals surface area contributed by atoms with Crippen LogP contribution in [0.25, 0.3) is 0 Å². The number of nitrogens with two attached hydrogens (primary N) is 1. The molecule has 0 spiro atoms. The van der Waals surface area contributed by atoms with Gasteiger partial charge >= 0.3 is 17.9 Å². The van der Waals surface area contributed by atoms with Gasteiger partial charge in [-0.2, -0.15) is 0 Å². The average Bonchev–Trinajstić information content (AvgIpc) is 2.67. The Kier molecular flexibility index (Phi) is 8.54. The predicted molar refractivity (Wildman–Crippen MR) is 98.5 cm³/mol. The molecule has 0 saturated heterocycles. The summed E-state index contributed by atoms with van der Waals surface area (Å²) in [4.78, 5) is 35.6. The van der Waals surface area contributed by atoms with Crippen LogP contribution in [0.3, 0.4) is 0 Å². The van der Waals surface area contributed by atoms with E-state index in [1.165, 1.54) is 0 Å². The van der Waals surface area contributed by atoms with Crippen LogP contribution in [0.2, 0.25) is 0 Å². The molecule has 0 heterocycles. The lowest BCUT2D eigenvalue weighted by Crippen LogP contribution is -2.45. The Morgan fingerprint density at radius 2 is 1.59 bits per heavy atom. The molecule has 2 atom stereocenters. The van der Waals surface area contributed by atoms with Gasteiger partial charge in [0.15, 0.2) is 0 Å². The largest absolute Gasteiger partial charge is 0.481 e. The van der Waals surface area contributed by atoms with Gasteiger partial charge in [-0.15, -0.1) is 0 Å². The summed E-state index contributed by atoms with van der Waals surface area (Å²) in [6.45, 7) is 1.90. The maximum absolute atomic E-state index is 12.6. The number of esters is 2. The van der Waals surface area contributed by atoms with Gasteiger partial charge in [0.1, 0.15) is 6.04 Å². The average molecular weight is 383 g/mol. The van der Waals surface area contributed by atoms with Gasteiger partial charge in [-0.05, 0) is 50.9 Å². The molecule has 0 bridgehead atoms. The molecular formula is C20H33NO6. The quantitative estimate of drug-likeness (QED) is 0.489. The summed E-state index contributed by atoms with van der Waals surface area (Å²) >= 11 is 0. The molecule has 2 aliphatic carbocycles. The van der Waals surface area contributed by atoms with Crippen molar-refractivity contribution in [1.82, 2.24) is 0 Å². The molecule has 0 amide bonds. The third-order valence-electron chi connectivity index (χ3n) is 5.87. The summed E-state index contributed by atoms with van der Waals surface area (Å²) in [5.41, 5.74) is 6.12. The van der Waals surface area contributed by atoms with Crippen molar-refractivity contribution in [3.63, 3.8) is 0 Å². The summed E-state index contributed by atoms with van der Waals surface area (Å²) in [7, 11) is 0. The lowest BCUT2D eigenvalue weighted by atomic mass is 9.79. The third kappa shape index (κ3) is 6.48. The molecule has 2 rings (SSSR count). The van der Waals surface area contributed by atoms with Gasteiger partial charge in [0.25, 0.3) is 0 Å². The van der Waals surface area contributed by atoms with Crippen LogP contribution in [0.15, 0.2) is 0 Å². The van der Waals surface area contributed by atoms with Crippen molar-refractivity contribution in [3.05, 3.63) is 0 Å². The fourth-order valence-electron chi connectivity index (χ4n) is 4.13. The first-order valence-electron chi connectivity index (χ1n) is 10.3. The van der Waals surface area contributed by atoms with E-state index in [1.54, 1.807) is 0 Å². The summed E-state index contributed by atoms with van der Waals surface area (Å²) in [6, 6.07) is -0.810. The normalized spacial score (nSPS) is 26.0. The number of carboxylic acids is 1. The van der Waals surface area contributed by atoms with Crippen LogP contribution in [0.4, 0.5) is 0 Å². The Morgan fingerprint density at radius 1 is 0.963 bits per heavy atom. The Bertz CT molecular complexity index is 509. The van der Waals surface area contributed by atoms with E-state index in [1.807, 2.05) is 6.92 Å². The first-order chi connectivity index (χ1) is 12.9. The minimum absolute atomic E-state index is 0.0263. The SMILES string of the molecule is CCCC(=O)OC(OC(=O)C(N)[C@H]1CC[C@H](C(=O)O)CC1)C1CCCCC1. The molecule has 2 aliphatic rings. The molecule has 3 N–H and O–H groups in total. The van der Waals surface area contributed by atoms with Crippen molar-refractivity contribution in [2.45, 2.75) is 89.9 Å². The molecule has 0 aliphatic heterocycles. The van der Waals surface area contributed by atoms with Gasteiger partial charge in [-0.1, -0.05) is 26.2 Å². The maximum atomic E-state index is 12.6. The monoisotopic (exact) mass is 383 g/mol. The fourth-order valence-corrected chi connectivity index (χ4v) is 4.13. The van der Waals surface area contributed by atoms with E-state index in [-0.39, 0.29) is 23.7 Å². The standard InChI is InChI=1S/C20H33NO6/c1-2-6-16(22)26-20(15-7-4-3-5-8-15)27-19(25)17(21)13-9-11-14(12-10-13)18(23)24/h13-15,17,20H,2-12,21H2,1H3,(H,23,24)/t13-,14-,17?,20?. The van der Waals surface area contributed by atoms with Crippen molar-refractivity contribution < 1.29 is 29.0 Å². The Hall–Kier alpha value is -1.63. The third-order valence-corrected chi connectivity index (χ3v) is 5.87. The van der Waals surface area contributed by atoms with Crippen LogP contribution in [-0.2, 0) is 23.9 Å². The number of aliphatic carboxylic acids is 1. The molecule has 2 fully saturated rings. The van der Waals surface area contributed by atoms with Gasteiger partial charge < -0.3 is 20.3 Å². The van der Waals surface area contributed by atoms with Crippen molar-refractivity contribution in [2.24, 2.45) is 23.5 Å². The van der Waals surface area contributed by atoms with Crippen molar-refractivity contribution >= 4 is 17.9 Å². The van der Waals surface area contributed by atoms with E-state index in [0.717, 1.165) is 32.1 Å². The molecule has 0 aromatic heterocycles. The number of carboxylic acid groups (broad SMARTS) is 1. The van der Waals surface area contributed by atoms with Gasteiger partial charge in [0.2, 0.25) is 6.29 Å². The minimum atomic E-state index is -0.863. The first kappa shape index (κ1) is 21.7. The second-order valence-electron chi connectivity index (χ2n) is 7.92. The fraction of sp³-hybridized carbons (Fsp3) is 0.850. The lowest BCUT2D eigenvalue weighted by molar-refractivity contribution is -0.202. The molecule has 2 saturated carbocycles. The van der Waals surface area contributed by atoms with E-state index < -0.39 is 24.3 Å². The summed E-state index contributed by atoms with van der Waals surface area (Å²) < 4.78 is 11.0. The summed E-state index contributed by atoms with van der Waals surface area (Å²) in [5, 5.41) is 9.09. The topological polar surface area (TPSA) is 116 Å². The molecule has 0 aromatic rings. The van der Waals surface area contributed by atoms with Gasteiger partial charge in [0.05, 0.1) is 5.92 Å². The molecule has 154 valence electrons. The zero-order valence-corrected chi connectivity index (χ0v) is 16.2. The van der Waals surface area contributed by atoms with E-state index in [2.05, 4.69) is 0 Å². The van der Waals surface area contributed by atoms with Gasteiger partial charge in [-0.3, -0.25) is 14.4 Å². The van der Waals surface area contributed by atoms with Crippen molar-refractivity contribution in [3.8, 4) is 0 Å². The van der Waals surface area contributed by atoms with E-state index >= 15 is 0 Å². The number of carbonyl (C=O) groups excluding carboxylic acids is 2.